The van der Waals surface area contributed by atoms with Gasteiger partial charge in [-0.3, -0.25) is 0 Å². The lowest BCUT2D eigenvalue weighted by atomic mass is 9.97. The third-order valence-electron chi connectivity index (χ3n) is 2.54. The second-order valence-corrected chi connectivity index (χ2v) is 3.33. The quantitative estimate of drug-likeness (QED) is 0.656. The molecule has 1 unspecified atom stereocenters. The van der Waals surface area contributed by atoms with Crippen LogP contribution in [0.15, 0.2) is 18.2 Å². The van der Waals surface area contributed by atoms with Crippen LogP contribution in [0.1, 0.15) is 23.0 Å². The number of ether oxygens (including phenoxy) is 2. The van der Waals surface area contributed by atoms with Gasteiger partial charge in [0.05, 0.1) is 6.61 Å². The molecule has 2 heteroatoms. The molecule has 0 amide bonds. The molecular weight excluding hydrogens is 164 g/mol. The summed E-state index contributed by atoms with van der Waals surface area (Å²) in [6, 6.07) is 6.27. The summed E-state index contributed by atoms with van der Waals surface area (Å²) in [5, 5.41) is 0. The Morgan fingerprint density at radius 1 is 1.46 bits per heavy atom. The van der Waals surface area contributed by atoms with E-state index in [1.54, 1.807) is 7.11 Å². The standard InChI is InChI=1S/C11H14O2/c1-8-4-3-5-10-9(8)6-7-13-11(10)12-2/h3-5,11H,6-7H2,1-2H3. The zero-order chi connectivity index (χ0) is 9.26. The summed E-state index contributed by atoms with van der Waals surface area (Å²) in [7, 11) is 1.68. The lowest BCUT2D eigenvalue weighted by Gasteiger charge is -2.25. The number of hydrogen-bond donors (Lipinski definition) is 0. The van der Waals surface area contributed by atoms with Crippen LogP contribution in [-0.2, 0) is 15.9 Å². The zero-order valence-electron chi connectivity index (χ0n) is 8.04. The van der Waals surface area contributed by atoms with Crippen molar-refractivity contribution in [3.63, 3.8) is 0 Å². The fourth-order valence-electron chi connectivity index (χ4n) is 1.84. The molecule has 1 aromatic rings. The molecule has 1 heterocycles. The molecule has 2 rings (SSSR count). The molecule has 0 bridgehead atoms. The molecule has 0 radical (unpaired) electrons. The van der Waals surface area contributed by atoms with Crippen molar-refractivity contribution in [1.82, 2.24) is 0 Å². The van der Waals surface area contributed by atoms with Crippen LogP contribution in [0.3, 0.4) is 0 Å². The molecule has 13 heavy (non-hydrogen) atoms. The second kappa shape index (κ2) is 3.48. The summed E-state index contributed by atoms with van der Waals surface area (Å²) in [4.78, 5) is 0. The lowest BCUT2D eigenvalue weighted by molar-refractivity contribution is -0.134. The molecule has 1 atom stereocenters. The van der Waals surface area contributed by atoms with E-state index in [2.05, 4.69) is 25.1 Å². The topological polar surface area (TPSA) is 18.5 Å². The van der Waals surface area contributed by atoms with Crippen molar-refractivity contribution < 1.29 is 9.47 Å². The molecular formula is C11H14O2. The van der Waals surface area contributed by atoms with Gasteiger partial charge in [0.25, 0.3) is 0 Å². The minimum absolute atomic E-state index is 0.163. The highest BCUT2D eigenvalue weighted by molar-refractivity contribution is 5.36. The molecule has 1 aliphatic rings. The van der Waals surface area contributed by atoms with E-state index in [-0.39, 0.29) is 6.29 Å². The van der Waals surface area contributed by atoms with Gasteiger partial charge in [-0.15, -0.1) is 0 Å². The van der Waals surface area contributed by atoms with Crippen LogP contribution in [-0.4, -0.2) is 13.7 Å². The summed E-state index contributed by atoms with van der Waals surface area (Å²) in [6.07, 6.45) is 0.839. The zero-order valence-corrected chi connectivity index (χ0v) is 8.04. The van der Waals surface area contributed by atoms with Crippen LogP contribution in [0.2, 0.25) is 0 Å². The molecule has 70 valence electrons. The average Bonchev–Trinajstić information content (AvgIpc) is 2.18. The predicted octanol–water partition coefficient (Wildman–Crippen LogP) is 2.21. The van der Waals surface area contributed by atoms with Crippen LogP contribution in [0, 0.1) is 6.92 Å². The summed E-state index contributed by atoms with van der Waals surface area (Å²) in [5.41, 5.74) is 3.91. The van der Waals surface area contributed by atoms with Crippen molar-refractivity contribution in [1.29, 1.82) is 0 Å². The lowest BCUT2D eigenvalue weighted by Crippen LogP contribution is -2.18. The number of rotatable bonds is 1. The Hall–Kier alpha value is -0.860. The highest BCUT2D eigenvalue weighted by Gasteiger charge is 2.20. The van der Waals surface area contributed by atoms with Gasteiger partial charge >= 0.3 is 0 Å². The molecule has 0 aromatic heterocycles. The van der Waals surface area contributed by atoms with Crippen molar-refractivity contribution in [3.05, 3.63) is 34.9 Å². The first-order chi connectivity index (χ1) is 6.33. The fraction of sp³-hybridized carbons (Fsp3) is 0.455. The molecule has 0 N–H and O–H groups in total. The fourth-order valence-corrected chi connectivity index (χ4v) is 1.84. The van der Waals surface area contributed by atoms with Gasteiger partial charge in [-0.2, -0.15) is 0 Å². The van der Waals surface area contributed by atoms with Gasteiger partial charge in [0.1, 0.15) is 0 Å². The third kappa shape index (κ3) is 1.47. The normalized spacial score (nSPS) is 21.2. The molecule has 2 nitrogen and oxygen atoms in total. The van der Waals surface area contributed by atoms with Crippen molar-refractivity contribution in [3.8, 4) is 0 Å². The Labute approximate surface area is 78.5 Å². The maximum atomic E-state index is 5.49. The minimum atomic E-state index is -0.163. The number of methoxy groups -OCH3 is 1. The Morgan fingerprint density at radius 3 is 3.08 bits per heavy atom. The molecule has 0 saturated heterocycles. The first-order valence-corrected chi connectivity index (χ1v) is 4.55. The van der Waals surface area contributed by atoms with E-state index in [1.807, 2.05) is 0 Å². The SMILES string of the molecule is COC1OCCc2c(C)cccc21. The summed E-state index contributed by atoms with van der Waals surface area (Å²) < 4.78 is 10.7. The monoisotopic (exact) mass is 178 g/mol. The van der Waals surface area contributed by atoms with E-state index in [9.17, 15) is 0 Å². The van der Waals surface area contributed by atoms with Gasteiger partial charge in [0.2, 0.25) is 0 Å². The van der Waals surface area contributed by atoms with E-state index in [4.69, 9.17) is 9.47 Å². The predicted molar refractivity (Wildman–Crippen MR) is 50.6 cm³/mol. The van der Waals surface area contributed by atoms with Gasteiger partial charge in [-0.25, -0.2) is 0 Å². The Bertz CT molecular complexity index is 307. The molecule has 0 fully saturated rings. The van der Waals surface area contributed by atoms with Crippen molar-refractivity contribution in [2.24, 2.45) is 0 Å². The Balaban J connectivity index is 2.45. The molecule has 0 spiro atoms. The molecule has 0 saturated carbocycles. The van der Waals surface area contributed by atoms with Gasteiger partial charge in [0.15, 0.2) is 6.29 Å². The minimum Gasteiger partial charge on any atom is -0.352 e. The molecule has 1 aliphatic heterocycles. The molecule has 0 aliphatic carbocycles. The van der Waals surface area contributed by atoms with Crippen LogP contribution >= 0.6 is 0 Å². The molecule has 1 aromatic carbocycles. The van der Waals surface area contributed by atoms with Crippen molar-refractivity contribution in [2.75, 3.05) is 13.7 Å². The number of aryl methyl sites for hydroxylation is 1. The van der Waals surface area contributed by atoms with Gasteiger partial charge in [-0.05, 0) is 24.5 Å². The maximum Gasteiger partial charge on any atom is 0.183 e. The first kappa shape index (κ1) is 8.73. The first-order valence-electron chi connectivity index (χ1n) is 4.55. The van der Waals surface area contributed by atoms with E-state index < -0.39 is 0 Å². The maximum absolute atomic E-state index is 5.49. The van der Waals surface area contributed by atoms with Crippen molar-refractivity contribution in [2.45, 2.75) is 19.6 Å². The summed E-state index contributed by atoms with van der Waals surface area (Å²) >= 11 is 0. The smallest absolute Gasteiger partial charge is 0.183 e. The highest BCUT2D eigenvalue weighted by atomic mass is 16.7. The largest absolute Gasteiger partial charge is 0.352 e. The number of fused-ring (bicyclic) bond motifs is 1. The number of benzene rings is 1. The Kier molecular flexibility index (Phi) is 2.34. The van der Waals surface area contributed by atoms with Gasteiger partial charge in [-0.1, -0.05) is 18.2 Å². The van der Waals surface area contributed by atoms with Crippen LogP contribution in [0.5, 0.6) is 0 Å². The average molecular weight is 178 g/mol. The van der Waals surface area contributed by atoms with Crippen molar-refractivity contribution >= 4 is 0 Å². The highest BCUT2D eigenvalue weighted by Crippen LogP contribution is 2.29. The van der Waals surface area contributed by atoms with Crippen LogP contribution < -0.4 is 0 Å². The number of hydrogen-bond acceptors (Lipinski definition) is 2. The second-order valence-electron chi connectivity index (χ2n) is 3.33. The van der Waals surface area contributed by atoms with E-state index in [1.165, 1.54) is 16.7 Å². The van der Waals surface area contributed by atoms with E-state index in [0.717, 1.165) is 13.0 Å². The van der Waals surface area contributed by atoms with Crippen LogP contribution in [0.4, 0.5) is 0 Å². The van der Waals surface area contributed by atoms with Gasteiger partial charge in [0, 0.05) is 12.7 Å². The third-order valence-corrected chi connectivity index (χ3v) is 2.54. The van der Waals surface area contributed by atoms with Crippen LogP contribution in [0.25, 0.3) is 0 Å². The summed E-state index contributed by atoms with van der Waals surface area (Å²) in [6.45, 7) is 2.90. The Morgan fingerprint density at radius 2 is 2.31 bits per heavy atom. The van der Waals surface area contributed by atoms with E-state index >= 15 is 0 Å². The van der Waals surface area contributed by atoms with Gasteiger partial charge < -0.3 is 9.47 Å². The summed E-state index contributed by atoms with van der Waals surface area (Å²) in [5.74, 6) is 0. The van der Waals surface area contributed by atoms with E-state index in [0.29, 0.717) is 0 Å².